The van der Waals surface area contributed by atoms with Crippen molar-refractivity contribution in [3.05, 3.63) is 35.9 Å². The van der Waals surface area contributed by atoms with Crippen LogP contribution in [0.3, 0.4) is 0 Å². The molecule has 1 aromatic carbocycles. The third kappa shape index (κ3) is 4.92. The average molecular weight is 361 g/mol. The Labute approximate surface area is 156 Å². The Kier molecular flexibility index (Phi) is 7.20. The first-order valence-electron chi connectivity index (χ1n) is 9.84. The molecule has 2 saturated heterocycles. The second-order valence-electron chi connectivity index (χ2n) is 7.18. The Bertz CT molecular complexity index is 544. The van der Waals surface area contributed by atoms with Gasteiger partial charge in [-0.3, -0.25) is 9.69 Å². The number of carbonyl (C=O) groups is 1. The fraction of sp³-hybridized carbons (Fsp3) is 0.667. The second kappa shape index (κ2) is 9.60. The highest BCUT2D eigenvalue weighted by Gasteiger charge is 2.41. The fourth-order valence-corrected chi connectivity index (χ4v) is 4.17. The van der Waals surface area contributed by atoms with Crippen LogP contribution < -0.4 is 0 Å². The molecule has 2 bridgehead atoms. The van der Waals surface area contributed by atoms with Crippen molar-refractivity contribution in [3.63, 3.8) is 0 Å². The molecule has 0 N–H and O–H groups in total. The van der Waals surface area contributed by atoms with E-state index in [2.05, 4.69) is 29.2 Å². The maximum atomic E-state index is 12.8. The van der Waals surface area contributed by atoms with Gasteiger partial charge in [-0.25, -0.2) is 0 Å². The van der Waals surface area contributed by atoms with E-state index in [1.54, 1.807) is 0 Å². The van der Waals surface area contributed by atoms with Crippen LogP contribution in [0.2, 0.25) is 0 Å². The topological polar surface area (TPSA) is 48.0 Å². The Morgan fingerprint density at radius 3 is 2.31 bits per heavy atom. The predicted molar refractivity (Wildman–Crippen MR) is 99.8 cm³/mol. The van der Waals surface area contributed by atoms with Crippen LogP contribution in [0.4, 0.5) is 0 Å². The zero-order chi connectivity index (χ0) is 18.4. The zero-order valence-electron chi connectivity index (χ0n) is 15.9. The zero-order valence-corrected chi connectivity index (χ0v) is 15.9. The molecule has 2 atom stereocenters. The van der Waals surface area contributed by atoms with E-state index in [9.17, 15) is 4.79 Å². The van der Waals surface area contributed by atoms with Crippen LogP contribution in [0.1, 0.15) is 38.7 Å². The van der Waals surface area contributed by atoms with E-state index in [0.717, 1.165) is 19.4 Å². The number of ketones is 1. The summed E-state index contributed by atoms with van der Waals surface area (Å²) >= 11 is 0. The highest BCUT2D eigenvalue weighted by atomic mass is 16.7. The third-order valence-electron chi connectivity index (χ3n) is 5.41. The number of hydrogen-bond donors (Lipinski definition) is 0. The minimum atomic E-state index is -0.407. The number of ether oxygens (including phenoxy) is 3. The van der Waals surface area contributed by atoms with Gasteiger partial charge in [0.15, 0.2) is 6.29 Å². The number of rotatable bonds is 9. The molecule has 0 radical (unpaired) electrons. The maximum absolute atomic E-state index is 12.8. The summed E-state index contributed by atoms with van der Waals surface area (Å²) in [4.78, 5) is 15.4. The Morgan fingerprint density at radius 1 is 1.12 bits per heavy atom. The van der Waals surface area contributed by atoms with Crippen molar-refractivity contribution in [2.45, 2.75) is 58.0 Å². The summed E-state index contributed by atoms with van der Waals surface area (Å²) in [5.74, 6) is 0.359. The smallest absolute Gasteiger partial charge is 0.164 e. The van der Waals surface area contributed by atoms with Crippen LogP contribution in [-0.2, 0) is 25.5 Å². The van der Waals surface area contributed by atoms with Gasteiger partial charge in [-0.1, -0.05) is 30.3 Å². The lowest BCUT2D eigenvalue weighted by Crippen LogP contribution is -2.57. The van der Waals surface area contributed by atoms with Crippen molar-refractivity contribution >= 4 is 5.78 Å². The number of piperidine rings is 1. The average Bonchev–Trinajstić information content (AvgIpc) is 2.62. The van der Waals surface area contributed by atoms with Gasteiger partial charge in [0.1, 0.15) is 5.78 Å². The summed E-state index contributed by atoms with van der Waals surface area (Å²) in [7, 11) is 0. The summed E-state index contributed by atoms with van der Waals surface area (Å²) in [6.07, 6.45) is 1.68. The molecule has 5 nitrogen and oxygen atoms in total. The van der Waals surface area contributed by atoms with Crippen molar-refractivity contribution < 1.29 is 19.0 Å². The molecular weight excluding hydrogens is 330 g/mol. The summed E-state index contributed by atoms with van der Waals surface area (Å²) in [6.45, 7) is 7.35. The van der Waals surface area contributed by atoms with Crippen LogP contribution in [0.15, 0.2) is 30.3 Å². The molecule has 26 heavy (non-hydrogen) atoms. The number of nitrogens with zero attached hydrogens (tertiary/aromatic N) is 1. The summed E-state index contributed by atoms with van der Waals surface area (Å²) in [5, 5.41) is 0. The maximum Gasteiger partial charge on any atom is 0.164 e. The lowest BCUT2D eigenvalue weighted by atomic mass is 9.81. The van der Waals surface area contributed by atoms with Crippen molar-refractivity contribution in [1.29, 1.82) is 0 Å². The van der Waals surface area contributed by atoms with Crippen LogP contribution in [-0.4, -0.2) is 55.5 Å². The van der Waals surface area contributed by atoms with Gasteiger partial charge >= 0.3 is 0 Å². The van der Waals surface area contributed by atoms with Crippen LogP contribution in [0.25, 0.3) is 0 Å². The van der Waals surface area contributed by atoms with Crippen molar-refractivity contribution in [2.24, 2.45) is 5.92 Å². The molecule has 2 aliphatic rings. The van der Waals surface area contributed by atoms with Gasteiger partial charge in [0.25, 0.3) is 0 Å². The molecule has 0 saturated carbocycles. The molecule has 2 heterocycles. The molecule has 3 rings (SSSR count). The van der Waals surface area contributed by atoms with E-state index in [1.807, 2.05) is 19.9 Å². The van der Waals surface area contributed by atoms with Gasteiger partial charge in [0.2, 0.25) is 0 Å². The monoisotopic (exact) mass is 361 g/mol. The SMILES string of the molecule is CCOC(CC(=O)C1CC2COCC(C1)N2Cc1ccccc1)OCC. The second-order valence-corrected chi connectivity index (χ2v) is 7.18. The number of carbonyl (C=O) groups excluding carboxylic acids is 1. The molecule has 2 unspecified atom stereocenters. The minimum Gasteiger partial charge on any atom is -0.378 e. The number of Topliss-reactive ketones (excluding diaryl/α,β-unsaturated/α-hetero) is 1. The van der Waals surface area contributed by atoms with Gasteiger partial charge in [-0.05, 0) is 32.3 Å². The Balaban J connectivity index is 1.60. The predicted octanol–water partition coefficient (Wildman–Crippen LogP) is 3.02. The van der Waals surface area contributed by atoms with Gasteiger partial charge in [0, 0.05) is 37.8 Å². The van der Waals surface area contributed by atoms with E-state index in [4.69, 9.17) is 14.2 Å². The normalized spacial score (nSPS) is 26.2. The minimum absolute atomic E-state index is 0.0873. The molecule has 0 aliphatic carbocycles. The first-order chi connectivity index (χ1) is 12.7. The third-order valence-corrected chi connectivity index (χ3v) is 5.41. The van der Waals surface area contributed by atoms with E-state index < -0.39 is 6.29 Å². The number of morpholine rings is 1. The van der Waals surface area contributed by atoms with Crippen LogP contribution >= 0.6 is 0 Å². The molecule has 1 aromatic rings. The molecule has 2 fully saturated rings. The van der Waals surface area contributed by atoms with Gasteiger partial charge < -0.3 is 14.2 Å². The number of benzene rings is 1. The summed E-state index contributed by atoms with van der Waals surface area (Å²) < 4.78 is 16.9. The molecule has 0 amide bonds. The summed E-state index contributed by atoms with van der Waals surface area (Å²) in [5.41, 5.74) is 1.32. The largest absolute Gasteiger partial charge is 0.378 e. The highest BCUT2D eigenvalue weighted by Crippen LogP contribution is 2.34. The number of fused-ring (bicyclic) bond motifs is 2. The van der Waals surface area contributed by atoms with Crippen molar-refractivity contribution in [1.82, 2.24) is 4.90 Å². The standard InChI is InChI=1S/C21H31NO4/c1-3-25-21(26-4-2)12-20(23)17-10-18-14-24-15-19(11-17)22(18)13-16-8-6-5-7-9-16/h5-9,17-19,21H,3-4,10-15H2,1-2H3. The van der Waals surface area contributed by atoms with E-state index in [-0.39, 0.29) is 11.7 Å². The van der Waals surface area contributed by atoms with Gasteiger partial charge in [0.05, 0.1) is 19.6 Å². The van der Waals surface area contributed by atoms with E-state index in [1.165, 1.54) is 5.56 Å². The lowest BCUT2D eigenvalue weighted by Gasteiger charge is -2.48. The highest BCUT2D eigenvalue weighted by molar-refractivity contribution is 5.81. The first kappa shape index (κ1) is 19.5. The molecule has 2 aliphatic heterocycles. The van der Waals surface area contributed by atoms with Gasteiger partial charge in [-0.15, -0.1) is 0 Å². The molecule has 0 aromatic heterocycles. The van der Waals surface area contributed by atoms with E-state index >= 15 is 0 Å². The summed E-state index contributed by atoms with van der Waals surface area (Å²) in [6, 6.07) is 11.2. The molecule has 144 valence electrons. The van der Waals surface area contributed by atoms with E-state index in [0.29, 0.717) is 44.9 Å². The fourth-order valence-electron chi connectivity index (χ4n) is 4.17. The first-order valence-corrected chi connectivity index (χ1v) is 9.84. The molecule has 0 spiro atoms. The Hall–Kier alpha value is -1.27. The number of hydrogen-bond acceptors (Lipinski definition) is 5. The molecule has 5 heteroatoms. The quantitative estimate of drug-likeness (QED) is 0.633. The lowest BCUT2D eigenvalue weighted by molar-refractivity contribution is -0.158. The van der Waals surface area contributed by atoms with Crippen LogP contribution in [0.5, 0.6) is 0 Å². The van der Waals surface area contributed by atoms with Crippen molar-refractivity contribution in [3.8, 4) is 0 Å². The van der Waals surface area contributed by atoms with Gasteiger partial charge in [-0.2, -0.15) is 0 Å². The molecular formula is C21H31NO4. The Morgan fingerprint density at radius 2 is 1.73 bits per heavy atom. The van der Waals surface area contributed by atoms with Crippen LogP contribution in [0, 0.1) is 5.92 Å². The van der Waals surface area contributed by atoms with Crippen molar-refractivity contribution in [2.75, 3.05) is 26.4 Å².